The first-order chi connectivity index (χ1) is 20.0. The number of benzene rings is 1. The average Bonchev–Trinajstić information content (AvgIpc) is 3.42. The van der Waals surface area contributed by atoms with Gasteiger partial charge in [0.05, 0.1) is 12.6 Å². The monoisotopic (exact) mass is 600 g/mol. The highest BCUT2D eigenvalue weighted by Gasteiger charge is 2.43. The second kappa shape index (κ2) is 15.5. The summed E-state index contributed by atoms with van der Waals surface area (Å²) in [4.78, 5) is 78.9. The van der Waals surface area contributed by atoms with Crippen molar-refractivity contribution in [2.75, 3.05) is 13.1 Å². The van der Waals surface area contributed by atoms with Crippen LogP contribution in [0.1, 0.15) is 79.7 Å². The lowest BCUT2D eigenvalue weighted by Crippen LogP contribution is -2.61. The molecule has 5 N–H and O–H groups in total. The van der Waals surface area contributed by atoms with Crippen molar-refractivity contribution in [1.82, 2.24) is 31.5 Å². The molecule has 1 fully saturated rings. The molecule has 0 radical (unpaired) electrons. The molecule has 1 aromatic rings. The van der Waals surface area contributed by atoms with E-state index < -0.39 is 64.5 Å². The molecule has 1 heterocycles. The smallest absolute Gasteiger partial charge is 0.315 e. The first-order valence-electron chi connectivity index (χ1n) is 14.9. The molecule has 0 spiro atoms. The van der Waals surface area contributed by atoms with Crippen molar-refractivity contribution >= 4 is 35.4 Å². The standard InChI is InChI=1S/C31H48N6O6/c1-8-13-21(24(39)27(41)33-19-23(38)32-18-20-14-10-9-11-15-20)34-26(40)22-16-12-17-37(22)28(42)25(30(2,3)4)35-29(43)36-31(5,6)7/h9-11,14-15,21-22,25H,8,12-13,16-19H2,1-7H3,(H,32,38)(H,33,41)(H,34,40)(H2,35,36,43)/t21?,22-,25+/m0/s1. The number of ketones is 1. The van der Waals surface area contributed by atoms with Crippen molar-refractivity contribution in [1.29, 1.82) is 0 Å². The molecule has 0 aromatic heterocycles. The highest BCUT2D eigenvalue weighted by molar-refractivity contribution is 6.38. The van der Waals surface area contributed by atoms with Crippen LogP contribution < -0.4 is 26.6 Å². The molecule has 0 bridgehead atoms. The van der Waals surface area contributed by atoms with Crippen molar-refractivity contribution in [3.05, 3.63) is 35.9 Å². The summed E-state index contributed by atoms with van der Waals surface area (Å²) in [5.41, 5.74) is -0.270. The molecule has 12 nitrogen and oxygen atoms in total. The predicted molar refractivity (Wildman–Crippen MR) is 163 cm³/mol. The van der Waals surface area contributed by atoms with Crippen molar-refractivity contribution in [2.24, 2.45) is 5.41 Å². The molecular formula is C31H48N6O6. The van der Waals surface area contributed by atoms with Gasteiger partial charge in [-0.25, -0.2) is 4.79 Å². The van der Waals surface area contributed by atoms with E-state index >= 15 is 0 Å². The topological polar surface area (TPSA) is 166 Å². The van der Waals surface area contributed by atoms with Crippen molar-refractivity contribution in [3.8, 4) is 0 Å². The first-order valence-corrected chi connectivity index (χ1v) is 14.9. The summed E-state index contributed by atoms with van der Waals surface area (Å²) in [5, 5.41) is 13.2. The summed E-state index contributed by atoms with van der Waals surface area (Å²) in [6.45, 7) is 13.0. The number of amides is 6. The molecule has 0 saturated carbocycles. The summed E-state index contributed by atoms with van der Waals surface area (Å²) < 4.78 is 0. The molecule has 1 saturated heterocycles. The lowest BCUT2D eigenvalue weighted by atomic mass is 9.85. The van der Waals surface area contributed by atoms with Crippen molar-refractivity contribution < 1.29 is 28.8 Å². The van der Waals surface area contributed by atoms with Gasteiger partial charge in [0.2, 0.25) is 23.5 Å². The maximum Gasteiger partial charge on any atom is 0.315 e. The van der Waals surface area contributed by atoms with Gasteiger partial charge in [-0.05, 0) is 51.0 Å². The third-order valence-electron chi connectivity index (χ3n) is 6.89. The van der Waals surface area contributed by atoms with E-state index in [1.54, 1.807) is 0 Å². The Bertz CT molecular complexity index is 1160. The Morgan fingerprint density at radius 3 is 2.16 bits per heavy atom. The van der Waals surface area contributed by atoms with Gasteiger partial charge in [-0.1, -0.05) is 64.4 Å². The van der Waals surface area contributed by atoms with E-state index in [0.717, 1.165) is 5.56 Å². The maximum absolute atomic E-state index is 13.7. The Labute approximate surface area is 254 Å². The maximum atomic E-state index is 13.7. The quantitative estimate of drug-likeness (QED) is 0.229. The number of nitrogens with zero attached hydrogens (tertiary/aromatic N) is 1. The van der Waals surface area contributed by atoms with E-state index in [2.05, 4.69) is 26.6 Å². The summed E-state index contributed by atoms with van der Waals surface area (Å²) >= 11 is 0. The average molecular weight is 601 g/mol. The van der Waals surface area contributed by atoms with Crippen LogP contribution in [-0.2, 0) is 30.5 Å². The minimum atomic E-state index is -1.11. The first kappa shape index (κ1) is 35.2. The second-order valence-electron chi connectivity index (χ2n) is 13.0. The SMILES string of the molecule is CCCC(NC(=O)[C@@H]1CCCN1C(=O)[C@@H](NC(=O)NC(C)(C)C)C(C)(C)C)C(=O)C(=O)NCC(=O)NCc1ccccc1. The number of urea groups is 1. The van der Waals surface area contributed by atoms with E-state index in [9.17, 15) is 28.8 Å². The number of hydrogen-bond donors (Lipinski definition) is 5. The Morgan fingerprint density at radius 1 is 0.930 bits per heavy atom. The fraction of sp³-hybridized carbons (Fsp3) is 0.613. The summed E-state index contributed by atoms with van der Waals surface area (Å²) in [6, 6.07) is 5.88. The van der Waals surface area contributed by atoms with Gasteiger partial charge in [0.1, 0.15) is 12.1 Å². The van der Waals surface area contributed by atoms with Crippen molar-refractivity contribution in [3.63, 3.8) is 0 Å². The lowest BCUT2D eigenvalue weighted by molar-refractivity contribution is -0.144. The third kappa shape index (κ3) is 11.3. The minimum Gasteiger partial charge on any atom is -0.350 e. The van der Waals surface area contributed by atoms with Gasteiger partial charge >= 0.3 is 6.03 Å². The number of Topliss-reactive ketones (excluding diaryl/α,β-unsaturated/α-hetero) is 1. The van der Waals surface area contributed by atoms with Crippen LogP contribution in [0.5, 0.6) is 0 Å². The molecular weight excluding hydrogens is 552 g/mol. The highest BCUT2D eigenvalue weighted by Crippen LogP contribution is 2.26. The summed E-state index contributed by atoms with van der Waals surface area (Å²) in [5.74, 6) is -3.24. The largest absolute Gasteiger partial charge is 0.350 e. The molecule has 43 heavy (non-hydrogen) atoms. The summed E-state index contributed by atoms with van der Waals surface area (Å²) in [7, 11) is 0. The van der Waals surface area contributed by atoms with Gasteiger partial charge in [0, 0.05) is 18.6 Å². The van der Waals surface area contributed by atoms with Crippen LogP contribution >= 0.6 is 0 Å². The van der Waals surface area contributed by atoms with Crippen LogP contribution in [0.3, 0.4) is 0 Å². The van der Waals surface area contributed by atoms with Crippen LogP contribution in [0.4, 0.5) is 4.79 Å². The van der Waals surface area contributed by atoms with Crippen LogP contribution in [0.2, 0.25) is 0 Å². The lowest BCUT2D eigenvalue weighted by Gasteiger charge is -2.36. The number of likely N-dealkylation sites (tertiary alicyclic amines) is 1. The minimum absolute atomic E-state index is 0.206. The van der Waals surface area contributed by atoms with Gasteiger partial charge in [-0.15, -0.1) is 0 Å². The molecule has 238 valence electrons. The number of carbonyl (C=O) groups is 6. The van der Waals surface area contributed by atoms with E-state index in [1.165, 1.54) is 4.90 Å². The van der Waals surface area contributed by atoms with E-state index in [-0.39, 0.29) is 19.5 Å². The molecule has 1 aliphatic rings. The van der Waals surface area contributed by atoms with Crippen LogP contribution in [0, 0.1) is 5.41 Å². The molecule has 3 atom stereocenters. The van der Waals surface area contributed by atoms with Gasteiger partial charge in [-0.3, -0.25) is 24.0 Å². The number of rotatable bonds is 12. The zero-order valence-electron chi connectivity index (χ0n) is 26.5. The van der Waals surface area contributed by atoms with Crippen molar-refractivity contribution in [2.45, 2.75) is 104 Å². The molecule has 1 aromatic carbocycles. The van der Waals surface area contributed by atoms with E-state index in [0.29, 0.717) is 25.8 Å². The highest BCUT2D eigenvalue weighted by atomic mass is 16.2. The Morgan fingerprint density at radius 2 is 1.58 bits per heavy atom. The van der Waals surface area contributed by atoms with Crippen LogP contribution in [-0.4, -0.2) is 77.1 Å². The zero-order valence-corrected chi connectivity index (χ0v) is 26.5. The van der Waals surface area contributed by atoms with Crippen LogP contribution in [0.15, 0.2) is 30.3 Å². The van der Waals surface area contributed by atoms with Gasteiger partial charge in [0.15, 0.2) is 0 Å². The van der Waals surface area contributed by atoms with Crippen LogP contribution in [0.25, 0.3) is 0 Å². The van der Waals surface area contributed by atoms with Gasteiger partial charge in [0.25, 0.3) is 5.91 Å². The fourth-order valence-corrected chi connectivity index (χ4v) is 4.72. The molecule has 6 amide bonds. The molecule has 12 heteroatoms. The third-order valence-corrected chi connectivity index (χ3v) is 6.89. The Hall–Kier alpha value is -3.96. The van der Waals surface area contributed by atoms with Gasteiger partial charge < -0.3 is 31.5 Å². The normalized spacial score (nSPS) is 16.4. The molecule has 2 rings (SSSR count). The molecule has 1 aliphatic heterocycles. The summed E-state index contributed by atoms with van der Waals surface area (Å²) in [6.07, 6.45) is 1.66. The Balaban J connectivity index is 2.03. The van der Waals surface area contributed by atoms with E-state index in [1.807, 2.05) is 78.8 Å². The zero-order chi connectivity index (χ0) is 32.4. The fourth-order valence-electron chi connectivity index (χ4n) is 4.72. The van der Waals surface area contributed by atoms with E-state index in [4.69, 9.17) is 0 Å². The Kier molecular flexibility index (Phi) is 12.7. The number of nitrogens with one attached hydrogen (secondary N) is 5. The predicted octanol–water partition coefficient (Wildman–Crippen LogP) is 1.78. The molecule has 1 unspecified atom stereocenters. The number of hydrogen-bond acceptors (Lipinski definition) is 6. The number of carbonyl (C=O) groups excluding carboxylic acids is 6. The van der Waals surface area contributed by atoms with Gasteiger partial charge in [-0.2, -0.15) is 0 Å². The molecule has 0 aliphatic carbocycles. The second-order valence-corrected chi connectivity index (χ2v) is 13.0.